The molecule has 0 aromatic heterocycles. The lowest BCUT2D eigenvalue weighted by Gasteiger charge is -2.13. The molecule has 1 aliphatic rings. The number of ether oxygens (including phenoxy) is 3. The molecule has 6 heteroatoms. The van der Waals surface area contributed by atoms with Gasteiger partial charge in [0.2, 0.25) is 0 Å². The van der Waals surface area contributed by atoms with Crippen LogP contribution in [0.1, 0.15) is 37.3 Å². The summed E-state index contributed by atoms with van der Waals surface area (Å²) < 4.78 is 16.5. The minimum Gasteiger partial charge on any atom is -0.496 e. The van der Waals surface area contributed by atoms with E-state index in [0.717, 1.165) is 62.8 Å². The van der Waals surface area contributed by atoms with Crippen LogP contribution in [-0.4, -0.2) is 52.1 Å². The zero-order valence-electron chi connectivity index (χ0n) is 16.3. The van der Waals surface area contributed by atoms with Gasteiger partial charge in [-0.15, -0.1) is 0 Å². The number of guanidine groups is 1. The van der Waals surface area contributed by atoms with Crippen LogP contribution >= 0.6 is 0 Å². The van der Waals surface area contributed by atoms with E-state index >= 15 is 0 Å². The molecular formula is C20H33N3O3. The second-order valence-corrected chi connectivity index (χ2v) is 6.49. The molecule has 0 bridgehead atoms. The molecule has 1 aromatic carbocycles. The molecule has 1 unspecified atom stereocenters. The number of hydrogen-bond acceptors (Lipinski definition) is 4. The van der Waals surface area contributed by atoms with E-state index in [0.29, 0.717) is 19.3 Å². The number of aryl methyl sites for hydroxylation is 1. The molecule has 1 heterocycles. The maximum atomic E-state index is 5.69. The van der Waals surface area contributed by atoms with E-state index < -0.39 is 0 Å². The van der Waals surface area contributed by atoms with Crippen molar-refractivity contribution in [2.75, 3.05) is 40.0 Å². The molecule has 2 rings (SSSR count). The van der Waals surface area contributed by atoms with E-state index in [1.807, 2.05) is 13.0 Å². The molecule has 6 nitrogen and oxygen atoms in total. The average Bonchev–Trinajstić information content (AvgIpc) is 3.16. The van der Waals surface area contributed by atoms with Gasteiger partial charge in [0.1, 0.15) is 5.75 Å². The quantitative estimate of drug-likeness (QED) is 0.380. The van der Waals surface area contributed by atoms with E-state index in [1.165, 1.54) is 5.56 Å². The Morgan fingerprint density at radius 2 is 2.23 bits per heavy atom. The first-order valence-corrected chi connectivity index (χ1v) is 9.58. The normalized spacial score (nSPS) is 17.3. The zero-order valence-corrected chi connectivity index (χ0v) is 16.3. The lowest BCUT2D eigenvalue weighted by atomic mass is 10.1. The first-order chi connectivity index (χ1) is 12.7. The third kappa shape index (κ3) is 7.22. The average molecular weight is 364 g/mol. The van der Waals surface area contributed by atoms with Crippen LogP contribution in [0.2, 0.25) is 0 Å². The molecular weight excluding hydrogens is 330 g/mol. The molecule has 0 radical (unpaired) electrons. The summed E-state index contributed by atoms with van der Waals surface area (Å²) in [6.07, 6.45) is 3.53. The Balaban J connectivity index is 1.69. The van der Waals surface area contributed by atoms with Crippen LogP contribution in [0.5, 0.6) is 5.75 Å². The topological polar surface area (TPSA) is 64.1 Å². The van der Waals surface area contributed by atoms with Gasteiger partial charge in [-0.3, -0.25) is 0 Å². The van der Waals surface area contributed by atoms with Crippen LogP contribution in [0.3, 0.4) is 0 Å². The summed E-state index contributed by atoms with van der Waals surface area (Å²) in [6.45, 7) is 8.75. The number of nitrogens with one attached hydrogen (secondary N) is 2. The summed E-state index contributed by atoms with van der Waals surface area (Å²) >= 11 is 0. The maximum Gasteiger partial charge on any atom is 0.191 e. The molecule has 0 spiro atoms. The van der Waals surface area contributed by atoms with E-state index in [9.17, 15) is 0 Å². The van der Waals surface area contributed by atoms with Gasteiger partial charge in [0.25, 0.3) is 0 Å². The van der Waals surface area contributed by atoms with Crippen LogP contribution in [0.25, 0.3) is 0 Å². The molecule has 146 valence electrons. The van der Waals surface area contributed by atoms with Gasteiger partial charge in [0.05, 0.1) is 26.4 Å². The van der Waals surface area contributed by atoms with Crippen LogP contribution in [0.15, 0.2) is 23.2 Å². The van der Waals surface area contributed by atoms with Crippen molar-refractivity contribution in [1.82, 2.24) is 10.6 Å². The van der Waals surface area contributed by atoms with Crippen molar-refractivity contribution in [3.8, 4) is 5.75 Å². The predicted molar refractivity (Wildman–Crippen MR) is 105 cm³/mol. The van der Waals surface area contributed by atoms with Gasteiger partial charge >= 0.3 is 0 Å². The maximum absolute atomic E-state index is 5.69. The van der Waals surface area contributed by atoms with Gasteiger partial charge in [-0.05, 0) is 50.3 Å². The summed E-state index contributed by atoms with van der Waals surface area (Å²) in [7, 11) is 1.69. The zero-order chi connectivity index (χ0) is 18.6. The van der Waals surface area contributed by atoms with E-state index in [1.54, 1.807) is 7.11 Å². The van der Waals surface area contributed by atoms with Gasteiger partial charge < -0.3 is 24.8 Å². The van der Waals surface area contributed by atoms with Crippen molar-refractivity contribution < 1.29 is 14.2 Å². The predicted octanol–water partition coefficient (Wildman–Crippen LogP) is 2.64. The van der Waals surface area contributed by atoms with E-state index in [2.05, 4.69) is 34.7 Å². The summed E-state index contributed by atoms with van der Waals surface area (Å²) in [4.78, 5) is 4.65. The molecule has 1 saturated heterocycles. The second-order valence-electron chi connectivity index (χ2n) is 6.49. The standard InChI is InChI=1S/C20H33N3O3/c1-4-21-20(22-10-6-11-25-15-18-7-5-12-26-18)23-14-17-8-9-19(24-3)16(2)13-17/h8-9,13,18H,4-7,10-12,14-15H2,1-3H3,(H2,21,22,23). The molecule has 1 atom stereocenters. The summed E-state index contributed by atoms with van der Waals surface area (Å²) in [6, 6.07) is 6.16. The van der Waals surface area contributed by atoms with E-state index in [4.69, 9.17) is 14.2 Å². The van der Waals surface area contributed by atoms with Crippen molar-refractivity contribution in [3.05, 3.63) is 29.3 Å². The Morgan fingerprint density at radius 1 is 1.35 bits per heavy atom. The van der Waals surface area contributed by atoms with Gasteiger partial charge in [-0.25, -0.2) is 4.99 Å². The van der Waals surface area contributed by atoms with Gasteiger partial charge in [-0.2, -0.15) is 0 Å². The highest BCUT2D eigenvalue weighted by Gasteiger charge is 2.14. The Kier molecular flexibility index (Phi) is 9.28. The third-order valence-electron chi connectivity index (χ3n) is 4.31. The Morgan fingerprint density at radius 3 is 2.92 bits per heavy atom. The molecule has 0 amide bonds. The first kappa shape index (κ1) is 20.5. The number of hydrogen-bond donors (Lipinski definition) is 2. The monoisotopic (exact) mass is 363 g/mol. The van der Waals surface area contributed by atoms with Crippen LogP contribution < -0.4 is 15.4 Å². The van der Waals surface area contributed by atoms with E-state index in [-0.39, 0.29) is 0 Å². The fraction of sp³-hybridized carbons (Fsp3) is 0.650. The number of benzene rings is 1. The molecule has 0 saturated carbocycles. The minimum atomic E-state index is 0.301. The van der Waals surface area contributed by atoms with Gasteiger partial charge in [0, 0.05) is 26.3 Å². The Bertz CT molecular complexity index is 557. The summed E-state index contributed by atoms with van der Waals surface area (Å²) in [5.74, 6) is 1.74. The van der Waals surface area contributed by atoms with Crippen molar-refractivity contribution in [2.24, 2.45) is 4.99 Å². The lowest BCUT2D eigenvalue weighted by Crippen LogP contribution is -2.38. The van der Waals surface area contributed by atoms with Crippen LogP contribution in [-0.2, 0) is 16.0 Å². The summed E-state index contributed by atoms with van der Waals surface area (Å²) in [5.41, 5.74) is 2.29. The van der Waals surface area contributed by atoms with Gasteiger partial charge in [-0.1, -0.05) is 12.1 Å². The molecule has 0 aliphatic carbocycles. The number of methoxy groups -OCH3 is 1. The second kappa shape index (κ2) is 11.8. The fourth-order valence-corrected chi connectivity index (χ4v) is 2.92. The van der Waals surface area contributed by atoms with Gasteiger partial charge in [0.15, 0.2) is 5.96 Å². The Hall–Kier alpha value is -1.79. The molecule has 2 N–H and O–H groups in total. The smallest absolute Gasteiger partial charge is 0.191 e. The summed E-state index contributed by atoms with van der Waals surface area (Å²) in [5, 5.41) is 6.64. The molecule has 1 aliphatic heterocycles. The van der Waals surface area contributed by atoms with Crippen molar-refractivity contribution in [2.45, 2.75) is 45.8 Å². The molecule has 26 heavy (non-hydrogen) atoms. The Labute approximate surface area is 157 Å². The minimum absolute atomic E-state index is 0.301. The number of aliphatic imine (C=N–C) groups is 1. The molecule has 1 aromatic rings. The number of nitrogens with zero attached hydrogens (tertiary/aromatic N) is 1. The number of rotatable bonds is 10. The lowest BCUT2D eigenvalue weighted by molar-refractivity contribution is 0.0168. The highest BCUT2D eigenvalue weighted by atomic mass is 16.5. The van der Waals surface area contributed by atoms with Crippen molar-refractivity contribution in [1.29, 1.82) is 0 Å². The highest BCUT2D eigenvalue weighted by Crippen LogP contribution is 2.18. The first-order valence-electron chi connectivity index (χ1n) is 9.58. The van der Waals surface area contributed by atoms with Crippen molar-refractivity contribution in [3.63, 3.8) is 0 Å². The fourth-order valence-electron chi connectivity index (χ4n) is 2.92. The largest absolute Gasteiger partial charge is 0.496 e. The van der Waals surface area contributed by atoms with Crippen molar-refractivity contribution >= 4 is 5.96 Å². The van der Waals surface area contributed by atoms with Crippen LogP contribution in [0.4, 0.5) is 0 Å². The SMILES string of the molecule is CCNC(=NCc1ccc(OC)c(C)c1)NCCCOCC1CCCO1. The third-order valence-corrected chi connectivity index (χ3v) is 4.31. The highest BCUT2D eigenvalue weighted by molar-refractivity contribution is 5.79. The van der Waals surface area contributed by atoms with Crippen LogP contribution in [0, 0.1) is 6.92 Å². The molecule has 1 fully saturated rings.